The summed E-state index contributed by atoms with van der Waals surface area (Å²) >= 11 is 0. The molecule has 0 aromatic rings. The highest BCUT2D eigenvalue weighted by Crippen LogP contribution is 2.02. The van der Waals surface area contributed by atoms with Gasteiger partial charge in [0.1, 0.15) is 6.04 Å². The summed E-state index contributed by atoms with van der Waals surface area (Å²) in [4.78, 5) is 35.1. The van der Waals surface area contributed by atoms with E-state index in [9.17, 15) is 14.4 Å². The second kappa shape index (κ2) is 8.34. The molecule has 0 aliphatic carbocycles. The minimum Gasteiger partial charge on any atom is -0.480 e. The van der Waals surface area contributed by atoms with Crippen molar-refractivity contribution >= 4 is 18.0 Å². The normalized spacial score (nSPS) is 11.8. The van der Waals surface area contributed by atoms with Gasteiger partial charge in [-0.15, -0.1) is 0 Å². The van der Waals surface area contributed by atoms with Crippen LogP contribution in [-0.2, 0) is 14.3 Å². The van der Waals surface area contributed by atoms with Crippen molar-refractivity contribution in [2.75, 3.05) is 20.7 Å². The van der Waals surface area contributed by atoms with Crippen molar-refractivity contribution in [1.82, 2.24) is 10.2 Å². The maximum absolute atomic E-state index is 11.7. The van der Waals surface area contributed by atoms with Gasteiger partial charge < -0.3 is 20.1 Å². The first kappa shape index (κ1) is 17.2. The van der Waals surface area contributed by atoms with E-state index in [0.29, 0.717) is 6.54 Å². The Labute approximate surface area is 112 Å². The molecule has 0 radical (unpaired) electrons. The molecule has 0 heterocycles. The van der Waals surface area contributed by atoms with Crippen LogP contribution in [0.15, 0.2) is 0 Å². The third kappa shape index (κ3) is 7.28. The molecule has 0 fully saturated rings. The molecule has 0 rings (SSSR count). The predicted octanol–water partition coefficient (Wildman–Crippen LogP) is 0.690. The summed E-state index contributed by atoms with van der Waals surface area (Å²) < 4.78 is 4.43. The Kier molecular flexibility index (Phi) is 7.55. The molecule has 0 bridgehead atoms. The van der Waals surface area contributed by atoms with Crippen molar-refractivity contribution in [3.05, 3.63) is 0 Å². The summed E-state index contributed by atoms with van der Waals surface area (Å²) in [5.74, 6) is -1.39. The Bertz CT molecular complexity index is 330. The summed E-state index contributed by atoms with van der Waals surface area (Å²) in [7, 11) is 2.82. The lowest BCUT2D eigenvalue weighted by molar-refractivity contribution is -0.142. The van der Waals surface area contributed by atoms with E-state index in [1.807, 2.05) is 13.8 Å². The maximum atomic E-state index is 11.7. The van der Waals surface area contributed by atoms with Gasteiger partial charge in [0.25, 0.3) is 0 Å². The molecule has 0 aromatic carbocycles. The molecule has 0 aliphatic rings. The number of hydrogen-bond acceptors (Lipinski definition) is 4. The minimum atomic E-state index is -1.17. The molecule has 0 saturated carbocycles. The van der Waals surface area contributed by atoms with Crippen molar-refractivity contribution < 1.29 is 24.2 Å². The Balaban J connectivity index is 4.37. The number of methoxy groups -OCH3 is 1. The number of esters is 1. The molecule has 110 valence electrons. The Hall–Kier alpha value is -1.79. The lowest BCUT2D eigenvalue weighted by Gasteiger charge is -2.22. The molecular weight excluding hydrogens is 252 g/mol. The number of carbonyl (C=O) groups is 3. The predicted molar refractivity (Wildman–Crippen MR) is 68.7 cm³/mol. The van der Waals surface area contributed by atoms with Crippen molar-refractivity contribution in [2.45, 2.75) is 32.7 Å². The highest BCUT2D eigenvalue weighted by molar-refractivity contribution is 5.83. The lowest BCUT2D eigenvalue weighted by Crippen LogP contribution is -2.47. The molecule has 7 nitrogen and oxygen atoms in total. The van der Waals surface area contributed by atoms with E-state index in [1.165, 1.54) is 12.0 Å². The van der Waals surface area contributed by atoms with Gasteiger partial charge in [0.15, 0.2) is 0 Å². The molecule has 0 saturated heterocycles. The number of hydrogen-bond donors (Lipinski definition) is 2. The number of carboxylic acid groups (broad SMARTS) is 1. The molecule has 7 heteroatoms. The fraction of sp³-hybridized carbons (Fsp3) is 0.750. The van der Waals surface area contributed by atoms with Crippen molar-refractivity contribution in [3.63, 3.8) is 0 Å². The number of rotatable bonds is 7. The van der Waals surface area contributed by atoms with Gasteiger partial charge in [0, 0.05) is 20.0 Å². The smallest absolute Gasteiger partial charge is 0.326 e. The van der Waals surface area contributed by atoms with Gasteiger partial charge >= 0.3 is 18.0 Å². The summed E-state index contributed by atoms with van der Waals surface area (Å²) in [5.41, 5.74) is 0. The van der Waals surface area contributed by atoms with Gasteiger partial charge in [-0.3, -0.25) is 4.79 Å². The van der Waals surface area contributed by atoms with Crippen LogP contribution in [-0.4, -0.2) is 54.7 Å². The molecule has 19 heavy (non-hydrogen) atoms. The van der Waals surface area contributed by atoms with E-state index in [0.717, 1.165) is 0 Å². The number of ether oxygens (including phenoxy) is 1. The highest BCUT2D eigenvalue weighted by atomic mass is 16.5. The lowest BCUT2D eigenvalue weighted by atomic mass is 10.1. The Morgan fingerprint density at radius 3 is 2.32 bits per heavy atom. The number of aliphatic carboxylic acids is 1. The fourth-order valence-corrected chi connectivity index (χ4v) is 1.51. The number of amides is 2. The molecule has 0 spiro atoms. The van der Waals surface area contributed by atoms with Crippen LogP contribution in [0, 0.1) is 5.92 Å². The maximum Gasteiger partial charge on any atom is 0.326 e. The summed E-state index contributed by atoms with van der Waals surface area (Å²) in [5, 5.41) is 11.4. The number of carbonyl (C=O) groups excluding carboxylic acids is 2. The summed E-state index contributed by atoms with van der Waals surface area (Å²) in [6.07, 6.45) is -0.0507. The topological polar surface area (TPSA) is 95.9 Å². The van der Waals surface area contributed by atoms with Crippen LogP contribution < -0.4 is 5.32 Å². The van der Waals surface area contributed by atoms with Crippen LogP contribution in [0.2, 0.25) is 0 Å². The van der Waals surface area contributed by atoms with Crippen LogP contribution >= 0.6 is 0 Å². The van der Waals surface area contributed by atoms with Crippen molar-refractivity contribution in [1.29, 1.82) is 0 Å². The molecule has 2 amide bonds. The van der Waals surface area contributed by atoms with Gasteiger partial charge in [-0.2, -0.15) is 0 Å². The number of carboxylic acids is 1. The molecule has 0 unspecified atom stereocenters. The largest absolute Gasteiger partial charge is 0.480 e. The average Bonchev–Trinajstić information content (AvgIpc) is 2.32. The number of nitrogens with zero attached hydrogens (tertiary/aromatic N) is 1. The molecule has 0 aromatic heterocycles. The first-order valence-corrected chi connectivity index (χ1v) is 6.09. The summed E-state index contributed by atoms with van der Waals surface area (Å²) in [6.45, 7) is 4.43. The second-order valence-electron chi connectivity index (χ2n) is 4.73. The Morgan fingerprint density at radius 1 is 1.32 bits per heavy atom. The standard InChI is InChI=1S/C12H22N2O5/c1-8(2)7-14(3)12(18)13-9(11(16)17)5-6-10(15)19-4/h8-9H,5-7H2,1-4H3,(H,13,18)(H,16,17)/t9-/m0/s1. The van der Waals surface area contributed by atoms with Crippen LogP contribution in [0.3, 0.4) is 0 Å². The third-order valence-electron chi connectivity index (χ3n) is 2.45. The fourth-order valence-electron chi connectivity index (χ4n) is 1.51. The molecule has 2 N–H and O–H groups in total. The van der Waals surface area contributed by atoms with E-state index in [4.69, 9.17) is 5.11 Å². The van der Waals surface area contributed by atoms with Gasteiger partial charge in [-0.05, 0) is 12.3 Å². The van der Waals surface area contributed by atoms with Gasteiger partial charge in [-0.1, -0.05) is 13.8 Å². The minimum absolute atomic E-state index is 0.00324. The average molecular weight is 274 g/mol. The highest BCUT2D eigenvalue weighted by Gasteiger charge is 2.22. The first-order valence-electron chi connectivity index (χ1n) is 6.09. The van der Waals surface area contributed by atoms with E-state index < -0.39 is 24.0 Å². The first-order chi connectivity index (χ1) is 8.77. The number of nitrogens with one attached hydrogen (secondary N) is 1. The van der Waals surface area contributed by atoms with E-state index in [-0.39, 0.29) is 18.8 Å². The zero-order valence-electron chi connectivity index (χ0n) is 11.8. The van der Waals surface area contributed by atoms with Crippen molar-refractivity contribution in [3.8, 4) is 0 Å². The van der Waals surface area contributed by atoms with Crippen LogP contribution in [0.5, 0.6) is 0 Å². The van der Waals surface area contributed by atoms with Crippen LogP contribution in [0.1, 0.15) is 26.7 Å². The van der Waals surface area contributed by atoms with Gasteiger partial charge in [0.2, 0.25) is 0 Å². The SMILES string of the molecule is COC(=O)CC[C@H](NC(=O)N(C)CC(C)C)C(=O)O. The van der Waals surface area contributed by atoms with E-state index in [1.54, 1.807) is 7.05 Å². The van der Waals surface area contributed by atoms with Crippen molar-refractivity contribution in [2.24, 2.45) is 5.92 Å². The quantitative estimate of drug-likeness (QED) is 0.666. The van der Waals surface area contributed by atoms with Crippen LogP contribution in [0.25, 0.3) is 0 Å². The zero-order chi connectivity index (χ0) is 15.0. The third-order valence-corrected chi connectivity index (χ3v) is 2.45. The summed E-state index contributed by atoms with van der Waals surface area (Å²) in [6, 6.07) is -1.56. The second-order valence-corrected chi connectivity index (χ2v) is 4.73. The Morgan fingerprint density at radius 2 is 1.89 bits per heavy atom. The van der Waals surface area contributed by atoms with E-state index >= 15 is 0 Å². The number of urea groups is 1. The van der Waals surface area contributed by atoms with Crippen LogP contribution in [0.4, 0.5) is 4.79 Å². The van der Waals surface area contributed by atoms with E-state index in [2.05, 4.69) is 10.1 Å². The van der Waals surface area contributed by atoms with Gasteiger partial charge in [0.05, 0.1) is 7.11 Å². The molecular formula is C12H22N2O5. The molecule has 1 atom stereocenters. The monoisotopic (exact) mass is 274 g/mol. The molecule has 0 aliphatic heterocycles. The zero-order valence-corrected chi connectivity index (χ0v) is 11.8. The van der Waals surface area contributed by atoms with Gasteiger partial charge in [-0.25, -0.2) is 9.59 Å².